The van der Waals surface area contributed by atoms with Gasteiger partial charge < -0.3 is 20.7 Å². The number of carbonyl (C=O) groups excluding carboxylic acids is 3. The number of amides is 3. The molecule has 170 valence electrons. The molecular weight excluding hydrogens is 406 g/mol. The van der Waals surface area contributed by atoms with Gasteiger partial charge in [-0.3, -0.25) is 4.79 Å². The van der Waals surface area contributed by atoms with E-state index in [1.54, 1.807) is 31.2 Å². The minimum Gasteiger partial charge on any atom is -0.462 e. The summed E-state index contributed by atoms with van der Waals surface area (Å²) in [4.78, 5) is 37.3. The summed E-state index contributed by atoms with van der Waals surface area (Å²) < 4.78 is 4.96. The van der Waals surface area contributed by atoms with Crippen molar-refractivity contribution >= 4 is 29.3 Å². The zero-order chi connectivity index (χ0) is 23.1. The molecule has 0 saturated carbocycles. The lowest BCUT2D eigenvalue weighted by Gasteiger charge is -2.24. The lowest BCUT2D eigenvalue weighted by molar-refractivity contribution is -0.119. The summed E-state index contributed by atoms with van der Waals surface area (Å²) in [6.45, 7) is 5.95. The van der Waals surface area contributed by atoms with Crippen molar-refractivity contribution in [3.05, 3.63) is 59.2 Å². The Morgan fingerprint density at radius 3 is 2.31 bits per heavy atom. The summed E-state index contributed by atoms with van der Waals surface area (Å²) in [7, 11) is 0. The van der Waals surface area contributed by atoms with Crippen molar-refractivity contribution in [3.8, 4) is 0 Å². The van der Waals surface area contributed by atoms with E-state index in [1.807, 2.05) is 26.0 Å². The predicted octanol–water partition coefficient (Wildman–Crippen LogP) is 4.53. The number of urea groups is 1. The summed E-state index contributed by atoms with van der Waals surface area (Å²) in [5.41, 5.74) is 4.29. The molecule has 1 aliphatic carbocycles. The number of anilines is 2. The van der Waals surface area contributed by atoms with Gasteiger partial charge in [-0.1, -0.05) is 26.3 Å². The minimum absolute atomic E-state index is 0.0543. The number of hydrogen-bond donors (Lipinski definition) is 3. The summed E-state index contributed by atoms with van der Waals surface area (Å²) in [6, 6.07) is 11.2. The van der Waals surface area contributed by atoms with Gasteiger partial charge in [0.2, 0.25) is 5.91 Å². The number of nitrogens with one attached hydrogen (secondary N) is 3. The highest BCUT2D eigenvalue weighted by molar-refractivity contribution is 5.99. The van der Waals surface area contributed by atoms with Crippen LogP contribution in [0.2, 0.25) is 0 Å². The van der Waals surface area contributed by atoms with E-state index in [1.165, 1.54) is 11.1 Å². The number of hydrogen-bond acceptors (Lipinski definition) is 4. The van der Waals surface area contributed by atoms with E-state index in [4.69, 9.17) is 4.74 Å². The highest BCUT2D eigenvalue weighted by atomic mass is 16.5. The molecule has 7 heteroatoms. The quantitative estimate of drug-likeness (QED) is 0.529. The van der Waals surface area contributed by atoms with Crippen LogP contribution < -0.4 is 16.0 Å². The number of benzene rings is 2. The average Bonchev–Trinajstić information content (AvgIpc) is 3.25. The Labute approximate surface area is 188 Å². The largest absolute Gasteiger partial charge is 0.462 e. The predicted molar refractivity (Wildman–Crippen MR) is 125 cm³/mol. The van der Waals surface area contributed by atoms with Crippen LogP contribution >= 0.6 is 0 Å². The van der Waals surface area contributed by atoms with Gasteiger partial charge in [0.05, 0.1) is 12.2 Å². The number of ether oxygens (including phenoxy) is 1. The Bertz CT molecular complexity index is 972. The molecule has 1 aliphatic rings. The van der Waals surface area contributed by atoms with Crippen LogP contribution in [0.1, 0.15) is 55.1 Å². The van der Waals surface area contributed by atoms with Crippen LogP contribution in [-0.2, 0) is 22.4 Å². The second-order valence-electron chi connectivity index (χ2n) is 8.09. The lowest BCUT2D eigenvalue weighted by atomic mass is 9.98. The van der Waals surface area contributed by atoms with Crippen LogP contribution in [0.15, 0.2) is 42.5 Å². The molecule has 0 aliphatic heterocycles. The Hall–Kier alpha value is -3.35. The molecule has 2 unspecified atom stereocenters. The van der Waals surface area contributed by atoms with Gasteiger partial charge in [-0.15, -0.1) is 0 Å². The van der Waals surface area contributed by atoms with Crippen LogP contribution in [-0.4, -0.2) is 30.6 Å². The second kappa shape index (κ2) is 10.8. The van der Waals surface area contributed by atoms with E-state index in [9.17, 15) is 14.4 Å². The van der Waals surface area contributed by atoms with Crippen molar-refractivity contribution in [2.24, 2.45) is 5.92 Å². The van der Waals surface area contributed by atoms with Crippen LogP contribution in [0.4, 0.5) is 16.2 Å². The fraction of sp³-hybridized carbons (Fsp3) is 0.400. The number of esters is 1. The van der Waals surface area contributed by atoms with Gasteiger partial charge in [0.25, 0.3) is 0 Å². The van der Waals surface area contributed by atoms with Crippen molar-refractivity contribution in [1.29, 1.82) is 0 Å². The average molecular weight is 438 g/mol. The number of aryl methyl sites for hydroxylation is 2. The van der Waals surface area contributed by atoms with Gasteiger partial charge >= 0.3 is 12.0 Å². The third kappa shape index (κ3) is 5.87. The van der Waals surface area contributed by atoms with E-state index in [0.717, 1.165) is 31.4 Å². The Kier molecular flexibility index (Phi) is 7.87. The Morgan fingerprint density at radius 2 is 1.62 bits per heavy atom. The van der Waals surface area contributed by atoms with E-state index in [0.29, 0.717) is 17.9 Å². The van der Waals surface area contributed by atoms with E-state index in [-0.39, 0.29) is 11.8 Å². The first-order valence-electron chi connectivity index (χ1n) is 11.2. The Morgan fingerprint density at radius 1 is 0.938 bits per heavy atom. The maximum Gasteiger partial charge on any atom is 0.338 e. The molecule has 7 nitrogen and oxygen atoms in total. The normalized spacial score (nSPS) is 14.1. The minimum atomic E-state index is -0.688. The number of rotatable bonds is 8. The molecule has 2 atom stereocenters. The van der Waals surface area contributed by atoms with E-state index >= 15 is 0 Å². The first-order valence-corrected chi connectivity index (χ1v) is 11.2. The zero-order valence-corrected chi connectivity index (χ0v) is 18.9. The molecule has 2 aromatic carbocycles. The molecule has 0 spiro atoms. The maximum absolute atomic E-state index is 13.0. The van der Waals surface area contributed by atoms with Gasteiger partial charge in [0.1, 0.15) is 6.04 Å². The SMILES string of the molecule is CCOC(=O)c1ccc(NC(=O)NC(C(=O)Nc2ccc3c(c2)CCC3)C(C)CC)cc1. The van der Waals surface area contributed by atoms with Gasteiger partial charge in [-0.05, 0) is 79.6 Å². The van der Waals surface area contributed by atoms with Gasteiger partial charge in [-0.25, -0.2) is 9.59 Å². The fourth-order valence-electron chi connectivity index (χ4n) is 3.78. The summed E-state index contributed by atoms with van der Waals surface area (Å²) in [5, 5.41) is 8.47. The second-order valence-corrected chi connectivity index (χ2v) is 8.09. The van der Waals surface area contributed by atoms with Gasteiger partial charge in [0.15, 0.2) is 0 Å². The van der Waals surface area contributed by atoms with Crippen molar-refractivity contribution in [1.82, 2.24) is 5.32 Å². The molecule has 0 heterocycles. The highest BCUT2D eigenvalue weighted by Crippen LogP contribution is 2.25. The summed E-state index contributed by atoms with van der Waals surface area (Å²) in [5.74, 6) is -0.713. The molecule has 0 fully saturated rings. The van der Waals surface area contributed by atoms with E-state index < -0.39 is 18.0 Å². The first kappa shape index (κ1) is 23.3. The standard InChI is InChI=1S/C25H31N3O4/c1-4-16(3)22(23(29)26-21-14-9-17-7-6-8-19(17)15-21)28-25(31)27-20-12-10-18(11-13-20)24(30)32-5-2/h9-16,22H,4-8H2,1-3H3,(H,26,29)(H2,27,28,31). The van der Waals surface area contributed by atoms with Crippen molar-refractivity contribution in [2.45, 2.75) is 52.5 Å². The van der Waals surface area contributed by atoms with Crippen LogP contribution in [0.3, 0.4) is 0 Å². The number of fused-ring (bicyclic) bond motifs is 1. The van der Waals surface area contributed by atoms with Gasteiger partial charge in [-0.2, -0.15) is 0 Å². The topological polar surface area (TPSA) is 96.5 Å². The summed E-state index contributed by atoms with van der Waals surface area (Å²) in [6.07, 6.45) is 3.99. The molecule has 0 aromatic heterocycles. The van der Waals surface area contributed by atoms with Crippen molar-refractivity contribution in [3.63, 3.8) is 0 Å². The molecule has 3 amide bonds. The summed E-state index contributed by atoms with van der Waals surface area (Å²) >= 11 is 0. The fourth-order valence-corrected chi connectivity index (χ4v) is 3.78. The Balaban J connectivity index is 1.62. The maximum atomic E-state index is 13.0. The number of carbonyl (C=O) groups is 3. The van der Waals surface area contributed by atoms with Crippen molar-refractivity contribution < 1.29 is 19.1 Å². The van der Waals surface area contributed by atoms with Crippen LogP contribution in [0.25, 0.3) is 0 Å². The smallest absolute Gasteiger partial charge is 0.338 e. The zero-order valence-electron chi connectivity index (χ0n) is 18.9. The molecule has 32 heavy (non-hydrogen) atoms. The molecule has 3 N–H and O–H groups in total. The molecule has 2 aromatic rings. The molecule has 0 radical (unpaired) electrons. The van der Waals surface area contributed by atoms with Gasteiger partial charge in [0, 0.05) is 11.4 Å². The third-order valence-corrected chi connectivity index (χ3v) is 5.80. The third-order valence-electron chi connectivity index (χ3n) is 5.80. The molecule has 3 rings (SSSR count). The molecule has 0 saturated heterocycles. The van der Waals surface area contributed by atoms with E-state index in [2.05, 4.69) is 22.0 Å². The molecular formula is C25H31N3O4. The first-order chi connectivity index (χ1) is 15.4. The van der Waals surface area contributed by atoms with Crippen molar-refractivity contribution in [2.75, 3.05) is 17.2 Å². The lowest BCUT2D eigenvalue weighted by Crippen LogP contribution is -2.49. The molecule has 0 bridgehead atoms. The highest BCUT2D eigenvalue weighted by Gasteiger charge is 2.26. The van der Waals surface area contributed by atoms with Crippen LogP contribution in [0, 0.1) is 5.92 Å². The monoisotopic (exact) mass is 437 g/mol. The van der Waals surface area contributed by atoms with Crippen LogP contribution in [0.5, 0.6) is 0 Å².